The van der Waals surface area contributed by atoms with Crippen molar-refractivity contribution >= 4 is 23.2 Å². The van der Waals surface area contributed by atoms with Gasteiger partial charge in [-0.1, -0.05) is 36.4 Å². The zero-order valence-electron chi connectivity index (χ0n) is 16.1. The quantitative estimate of drug-likeness (QED) is 0.612. The van der Waals surface area contributed by atoms with Crippen LogP contribution in [0.15, 0.2) is 78.9 Å². The van der Waals surface area contributed by atoms with Gasteiger partial charge in [0.2, 0.25) is 5.91 Å². The molecule has 0 radical (unpaired) electrons. The van der Waals surface area contributed by atoms with E-state index < -0.39 is 0 Å². The van der Waals surface area contributed by atoms with Gasteiger partial charge in [-0.05, 0) is 48.0 Å². The lowest BCUT2D eigenvalue weighted by Gasteiger charge is -2.10. The number of hydrogen-bond donors (Lipinski definition) is 2. The number of benzene rings is 3. The molecule has 0 unspecified atom stereocenters. The van der Waals surface area contributed by atoms with Crippen molar-refractivity contribution in [3.63, 3.8) is 0 Å². The molecule has 0 aromatic heterocycles. The van der Waals surface area contributed by atoms with E-state index in [1.165, 1.54) is 0 Å². The van der Waals surface area contributed by atoms with E-state index in [1.54, 1.807) is 43.5 Å². The maximum Gasteiger partial charge on any atom is 0.262 e. The lowest BCUT2D eigenvalue weighted by Crippen LogP contribution is -2.20. The number of nitrogens with one attached hydrogen (secondary N) is 2. The Balaban J connectivity index is 1.51. The maximum absolute atomic E-state index is 12.3. The van der Waals surface area contributed by atoms with Gasteiger partial charge in [-0.3, -0.25) is 9.59 Å². The van der Waals surface area contributed by atoms with E-state index in [0.717, 1.165) is 11.3 Å². The lowest BCUT2D eigenvalue weighted by molar-refractivity contribution is -0.118. The molecule has 29 heavy (non-hydrogen) atoms. The Bertz CT molecular complexity index is 956. The van der Waals surface area contributed by atoms with Crippen LogP contribution in [0, 0.1) is 0 Å². The SMILES string of the molecule is COc1ccc(CC(=O)Nc2cccc(NC(=O)COc3ccccc3)c2)cc1. The number of hydrogen-bond acceptors (Lipinski definition) is 4. The number of carbonyl (C=O) groups is 2. The van der Waals surface area contributed by atoms with E-state index in [9.17, 15) is 9.59 Å². The van der Waals surface area contributed by atoms with Crippen LogP contribution in [0.25, 0.3) is 0 Å². The summed E-state index contributed by atoms with van der Waals surface area (Å²) in [5.74, 6) is 0.942. The number of methoxy groups -OCH3 is 1. The van der Waals surface area contributed by atoms with Crippen molar-refractivity contribution in [1.29, 1.82) is 0 Å². The Morgan fingerprint density at radius 3 is 2.07 bits per heavy atom. The Kier molecular flexibility index (Phi) is 6.84. The van der Waals surface area contributed by atoms with E-state index in [4.69, 9.17) is 9.47 Å². The highest BCUT2D eigenvalue weighted by atomic mass is 16.5. The van der Waals surface area contributed by atoms with Gasteiger partial charge < -0.3 is 20.1 Å². The number of amides is 2. The second-order valence-corrected chi connectivity index (χ2v) is 6.30. The molecular weight excluding hydrogens is 368 g/mol. The van der Waals surface area contributed by atoms with E-state index in [1.807, 2.05) is 42.5 Å². The third-order valence-electron chi connectivity index (χ3n) is 4.07. The molecule has 0 bridgehead atoms. The van der Waals surface area contributed by atoms with Crippen molar-refractivity contribution in [1.82, 2.24) is 0 Å². The smallest absolute Gasteiger partial charge is 0.262 e. The summed E-state index contributed by atoms with van der Waals surface area (Å²) in [6, 6.07) is 23.4. The minimum Gasteiger partial charge on any atom is -0.497 e. The van der Waals surface area contributed by atoms with Crippen LogP contribution in [0.2, 0.25) is 0 Å². The normalized spacial score (nSPS) is 10.1. The molecule has 0 spiro atoms. The summed E-state index contributed by atoms with van der Waals surface area (Å²) in [4.78, 5) is 24.4. The minimum atomic E-state index is -0.282. The molecule has 0 aliphatic heterocycles. The topological polar surface area (TPSA) is 76.7 Å². The molecule has 3 rings (SSSR count). The van der Waals surface area contributed by atoms with Crippen LogP contribution >= 0.6 is 0 Å². The van der Waals surface area contributed by atoms with Gasteiger partial charge in [0, 0.05) is 11.4 Å². The number of anilines is 2. The van der Waals surface area contributed by atoms with E-state index in [0.29, 0.717) is 17.1 Å². The number of carbonyl (C=O) groups excluding carboxylic acids is 2. The second-order valence-electron chi connectivity index (χ2n) is 6.30. The molecule has 148 valence electrons. The van der Waals surface area contributed by atoms with Gasteiger partial charge in [0.25, 0.3) is 5.91 Å². The van der Waals surface area contributed by atoms with Gasteiger partial charge >= 0.3 is 0 Å². The van der Waals surface area contributed by atoms with Crippen LogP contribution in [-0.4, -0.2) is 25.5 Å². The first kappa shape index (κ1) is 19.9. The van der Waals surface area contributed by atoms with Crippen molar-refractivity contribution in [3.05, 3.63) is 84.4 Å². The Labute approximate surface area is 169 Å². The fourth-order valence-electron chi connectivity index (χ4n) is 2.67. The summed E-state index contributed by atoms with van der Waals surface area (Å²) in [5.41, 5.74) is 2.06. The molecule has 0 atom stereocenters. The minimum absolute atomic E-state index is 0.0991. The third-order valence-corrected chi connectivity index (χ3v) is 4.07. The van der Waals surface area contributed by atoms with Crippen molar-refractivity contribution < 1.29 is 19.1 Å². The molecule has 6 heteroatoms. The Morgan fingerprint density at radius 1 is 0.759 bits per heavy atom. The second kappa shape index (κ2) is 9.94. The van der Waals surface area contributed by atoms with Crippen LogP contribution in [0.3, 0.4) is 0 Å². The van der Waals surface area contributed by atoms with Gasteiger partial charge in [-0.2, -0.15) is 0 Å². The van der Waals surface area contributed by atoms with Crippen LogP contribution < -0.4 is 20.1 Å². The molecule has 0 saturated carbocycles. The molecule has 2 amide bonds. The predicted octanol–water partition coefficient (Wildman–Crippen LogP) is 3.89. The molecule has 0 aliphatic carbocycles. The number of ether oxygens (including phenoxy) is 2. The van der Waals surface area contributed by atoms with Gasteiger partial charge in [0.1, 0.15) is 11.5 Å². The molecule has 6 nitrogen and oxygen atoms in total. The lowest BCUT2D eigenvalue weighted by atomic mass is 10.1. The molecule has 0 fully saturated rings. The molecule has 0 heterocycles. The zero-order valence-corrected chi connectivity index (χ0v) is 16.1. The largest absolute Gasteiger partial charge is 0.497 e. The highest BCUT2D eigenvalue weighted by Gasteiger charge is 2.07. The fourth-order valence-corrected chi connectivity index (χ4v) is 2.67. The van der Waals surface area contributed by atoms with E-state index >= 15 is 0 Å². The fraction of sp³-hybridized carbons (Fsp3) is 0.130. The molecule has 3 aromatic rings. The molecule has 3 aromatic carbocycles. The molecule has 2 N–H and O–H groups in total. The first-order chi connectivity index (χ1) is 14.1. The summed E-state index contributed by atoms with van der Waals surface area (Å²) in [5, 5.41) is 5.60. The summed E-state index contributed by atoms with van der Waals surface area (Å²) in [6.45, 7) is -0.0991. The van der Waals surface area contributed by atoms with Crippen LogP contribution in [0.5, 0.6) is 11.5 Å². The van der Waals surface area contributed by atoms with Gasteiger partial charge in [-0.25, -0.2) is 0 Å². The van der Waals surface area contributed by atoms with E-state index in [-0.39, 0.29) is 24.8 Å². The van der Waals surface area contributed by atoms with Crippen LogP contribution in [0.4, 0.5) is 11.4 Å². The van der Waals surface area contributed by atoms with Gasteiger partial charge in [0.05, 0.1) is 13.5 Å². The summed E-state index contributed by atoms with van der Waals surface area (Å²) < 4.78 is 10.5. The first-order valence-corrected chi connectivity index (χ1v) is 9.13. The van der Waals surface area contributed by atoms with Gasteiger partial charge in [-0.15, -0.1) is 0 Å². The summed E-state index contributed by atoms with van der Waals surface area (Å²) >= 11 is 0. The number of para-hydroxylation sites is 1. The monoisotopic (exact) mass is 390 g/mol. The van der Waals surface area contributed by atoms with Crippen molar-refractivity contribution in [2.45, 2.75) is 6.42 Å². The predicted molar refractivity (Wildman–Crippen MR) is 112 cm³/mol. The summed E-state index contributed by atoms with van der Waals surface area (Å²) in [6.07, 6.45) is 0.242. The zero-order chi connectivity index (χ0) is 20.5. The number of rotatable bonds is 8. The van der Waals surface area contributed by atoms with Crippen LogP contribution in [0.1, 0.15) is 5.56 Å². The molecule has 0 saturated heterocycles. The highest BCUT2D eigenvalue weighted by molar-refractivity contribution is 5.95. The molecular formula is C23H22N2O4. The van der Waals surface area contributed by atoms with Crippen molar-refractivity contribution in [2.24, 2.45) is 0 Å². The van der Waals surface area contributed by atoms with Crippen molar-refractivity contribution in [2.75, 3.05) is 24.4 Å². The van der Waals surface area contributed by atoms with Gasteiger partial charge in [0.15, 0.2) is 6.61 Å². The van der Waals surface area contributed by atoms with Crippen LogP contribution in [-0.2, 0) is 16.0 Å². The highest BCUT2D eigenvalue weighted by Crippen LogP contribution is 2.17. The average Bonchev–Trinajstić information content (AvgIpc) is 2.74. The summed E-state index contributed by atoms with van der Waals surface area (Å²) in [7, 11) is 1.60. The van der Waals surface area contributed by atoms with Crippen molar-refractivity contribution in [3.8, 4) is 11.5 Å². The standard InChI is InChI=1S/C23H22N2O4/c1-28-20-12-10-17(11-13-20)14-22(26)24-18-6-5-7-19(15-18)25-23(27)16-29-21-8-3-2-4-9-21/h2-13,15H,14,16H2,1H3,(H,24,26)(H,25,27). The van der Waals surface area contributed by atoms with E-state index in [2.05, 4.69) is 10.6 Å². The Hall–Kier alpha value is -3.80. The molecule has 0 aliphatic rings. The Morgan fingerprint density at radius 2 is 1.41 bits per heavy atom. The first-order valence-electron chi connectivity index (χ1n) is 9.13. The average molecular weight is 390 g/mol. The third kappa shape index (κ3) is 6.39. The maximum atomic E-state index is 12.3.